The van der Waals surface area contributed by atoms with Crippen molar-refractivity contribution in [1.29, 1.82) is 5.26 Å². The molecule has 3 aromatic rings. The molecule has 0 amide bonds. The molecule has 10 heteroatoms. The fourth-order valence-corrected chi connectivity index (χ4v) is 4.23. The van der Waals surface area contributed by atoms with E-state index < -0.39 is 11.9 Å². The summed E-state index contributed by atoms with van der Waals surface area (Å²) in [5.41, 5.74) is 7.73. The third-order valence-corrected chi connectivity index (χ3v) is 5.93. The van der Waals surface area contributed by atoms with Crippen LogP contribution in [0.4, 0.5) is 0 Å². The summed E-state index contributed by atoms with van der Waals surface area (Å²) < 4.78 is 27.2. The average Bonchev–Trinajstić information content (AvgIpc) is 2.86. The van der Waals surface area contributed by atoms with Gasteiger partial charge in [0.05, 0.1) is 25.2 Å². The number of allylic oxidation sites excluding steroid dienone is 1. The molecular formula is C26H20Cl2N2O6. The number of benzene rings is 3. The maximum atomic E-state index is 12.4. The van der Waals surface area contributed by atoms with Crippen molar-refractivity contribution >= 4 is 29.2 Å². The Hall–Kier alpha value is -4.06. The monoisotopic (exact) mass is 526 g/mol. The van der Waals surface area contributed by atoms with Gasteiger partial charge >= 0.3 is 5.97 Å². The van der Waals surface area contributed by atoms with Gasteiger partial charge in [-0.1, -0.05) is 35.3 Å². The minimum atomic E-state index is -0.658. The number of methoxy groups -OCH3 is 2. The van der Waals surface area contributed by atoms with Crippen molar-refractivity contribution in [3.63, 3.8) is 0 Å². The van der Waals surface area contributed by atoms with Gasteiger partial charge in [-0.3, -0.25) is 0 Å². The Morgan fingerprint density at radius 2 is 1.78 bits per heavy atom. The Labute approximate surface area is 217 Å². The van der Waals surface area contributed by atoms with Gasteiger partial charge in [0, 0.05) is 16.7 Å². The lowest BCUT2D eigenvalue weighted by atomic mass is 9.83. The zero-order valence-corrected chi connectivity index (χ0v) is 20.7. The van der Waals surface area contributed by atoms with Crippen molar-refractivity contribution in [2.75, 3.05) is 20.8 Å². The fraction of sp³-hybridized carbons (Fsp3) is 0.154. The Kier molecular flexibility index (Phi) is 7.44. The van der Waals surface area contributed by atoms with Gasteiger partial charge < -0.3 is 29.4 Å². The first-order chi connectivity index (χ1) is 17.3. The SMILES string of the molecule is COc1ccc(C2C(C#N)=C(N)Oc3cc(OC(=O)COc4ccc(Cl)cc4Cl)ccc32)cc1OC. The molecule has 0 saturated heterocycles. The molecule has 0 spiro atoms. The standard InChI is InChI=1S/C26H20Cl2N2O6/c1-32-21-7-3-14(9-23(21)33-2)25-17-6-5-16(11-22(17)36-26(30)18(25)12-29)35-24(31)13-34-20-8-4-15(27)10-19(20)28/h3-11,25H,13,30H2,1-2H3. The van der Waals surface area contributed by atoms with Gasteiger partial charge in [0.2, 0.25) is 5.88 Å². The van der Waals surface area contributed by atoms with Crippen molar-refractivity contribution in [2.45, 2.75) is 5.92 Å². The molecule has 4 rings (SSSR count). The summed E-state index contributed by atoms with van der Waals surface area (Å²) in [5.74, 6) is 0.675. The first-order valence-corrected chi connectivity index (χ1v) is 11.3. The molecule has 1 unspecified atom stereocenters. The van der Waals surface area contributed by atoms with E-state index in [1.807, 2.05) is 6.07 Å². The van der Waals surface area contributed by atoms with Crippen LogP contribution in [0.5, 0.6) is 28.7 Å². The molecule has 36 heavy (non-hydrogen) atoms. The molecule has 0 radical (unpaired) electrons. The number of esters is 1. The summed E-state index contributed by atoms with van der Waals surface area (Å²) in [7, 11) is 3.07. The predicted octanol–water partition coefficient (Wildman–Crippen LogP) is 5.21. The van der Waals surface area contributed by atoms with E-state index in [9.17, 15) is 10.1 Å². The summed E-state index contributed by atoms with van der Waals surface area (Å²) in [6.45, 7) is -0.381. The largest absolute Gasteiger partial charge is 0.493 e. The second-order valence-corrected chi connectivity index (χ2v) is 8.42. The number of ether oxygens (including phenoxy) is 5. The number of halogens is 2. The molecule has 2 N–H and O–H groups in total. The average molecular weight is 527 g/mol. The molecule has 1 aliphatic heterocycles. The van der Waals surface area contributed by atoms with Gasteiger partial charge in [-0.05, 0) is 42.0 Å². The van der Waals surface area contributed by atoms with Crippen LogP contribution >= 0.6 is 23.2 Å². The van der Waals surface area contributed by atoms with Gasteiger partial charge in [0.1, 0.15) is 28.9 Å². The van der Waals surface area contributed by atoms with Crippen molar-refractivity contribution in [3.05, 3.63) is 87.2 Å². The van der Waals surface area contributed by atoms with E-state index in [0.29, 0.717) is 33.6 Å². The van der Waals surface area contributed by atoms with Crippen LogP contribution < -0.4 is 29.4 Å². The Morgan fingerprint density at radius 1 is 1.03 bits per heavy atom. The van der Waals surface area contributed by atoms with Crippen molar-refractivity contribution in [1.82, 2.24) is 0 Å². The Bertz CT molecular complexity index is 1400. The molecule has 0 aliphatic carbocycles. The minimum Gasteiger partial charge on any atom is -0.493 e. The molecule has 184 valence electrons. The van der Waals surface area contributed by atoms with Gasteiger partial charge in [-0.2, -0.15) is 5.26 Å². The molecule has 0 saturated carbocycles. The van der Waals surface area contributed by atoms with Gasteiger partial charge in [0.15, 0.2) is 18.1 Å². The molecule has 8 nitrogen and oxygen atoms in total. The lowest BCUT2D eigenvalue weighted by Gasteiger charge is -2.27. The smallest absolute Gasteiger partial charge is 0.349 e. The second-order valence-electron chi connectivity index (χ2n) is 7.58. The molecule has 0 aromatic heterocycles. The second kappa shape index (κ2) is 10.7. The first-order valence-electron chi connectivity index (χ1n) is 10.6. The van der Waals surface area contributed by atoms with E-state index in [1.165, 1.54) is 26.4 Å². The summed E-state index contributed by atoms with van der Waals surface area (Å²) >= 11 is 11.9. The third kappa shape index (κ3) is 5.13. The molecule has 1 heterocycles. The first kappa shape index (κ1) is 25.0. The zero-order chi connectivity index (χ0) is 25.8. The van der Waals surface area contributed by atoms with Crippen LogP contribution in [0.1, 0.15) is 17.0 Å². The van der Waals surface area contributed by atoms with Crippen LogP contribution in [0.15, 0.2) is 66.1 Å². The quantitative estimate of drug-likeness (QED) is 0.329. The number of carbonyl (C=O) groups excluding carboxylic acids is 1. The highest BCUT2D eigenvalue weighted by atomic mass is 35.5. The molecule has 0 bridgehead atoms. The van der Waals surface area contributed by atoms with Gasteiger partial charge in [-0.15, -0.1) is 0 Å². The highest BCUT2D eigenvalue weighted by Crippen LogP contribution is 2.45. The Balaban J connectivity index is 1.57. The summed E-state index contributed by atoms with van der Waals surface area (Å²) in [4.78, 5) is 12.4. The van der Waals surface area contributed by atoms with Crippen molar-refractivity contribution in [2.24, 2.45) is 5.73 Å². The number of rotatable bonds is 7. The van der Waals surface area contributed by atoms with E-state index in [2.05, 4.69) is 6.07 Å². The summed E-state index contributed by atoms with van der Waals surface area (Å²) in [6.07, 6.45) is 0. The summed E-state index contributed by atoms with van der Waals surface area (Å²) in [5, 5.41) is 10.5. The van der Waals surface area contributed by atoms with Crippen LogP contribution in [0.2, 0.25) is 10.0 Å². The molecule has 3 aromatic carbocycles. The number of fused-ring (bicyclic) bond motifs is 1. The van der Waals surface area contributed by atoms with Crippen LogP contribution in [0.25, 0.3) is 0 Å². The van der Waals surface area contributed by atoms with E-state index in [-0.39, 0.29) is 28.8 Å². The van der Waals surface area contributed by atoms with Crippen LogP contribution in [-0.2, 0) is 4.79 Å². The number of nitrogens with two attached hydrogens (primary N) is 1. The minimum absolute atomic E-state index is 0.0472. The highest BCUT2D eigenvalue weighted by molar-refractivity contribution is 6.35. The molecular weight excluding hydrogens is 507 g/mol. The lowest BCUT2D eigenvalue weighted by molar-refractivity contribution is -0.136. The van der Waals surface area contributed by atoms with E-state index >= 15 is 0 Å². The highest BCUT2D eigenvalue weighted by Gasteiger charge is 2.31. The predicted molar refractivity (Wildman–Crippen MR) is 133 cm³/mol. The van der Waals surface area contributed by atoms with Crippen molar-refractivity contribution < 1.29 is 28.5 Å². The van der Waals surface area contributed by atoms with Gasteiger partial charge in [0.25, 0.3) is 0 Å². The molecule has 1 atom stereocenters. The number of nitrogens with zero attached hydrogens (tertiary/aromatic N) is 1. The van der Waals surface area contributed by atoms with Gasteiger partial charge in [-0.25, -0.2) is 4.79 Å². The number of carbonyl (C=O) groups is 1. The number of hydrogen-bond acceptors (Lipinski definition) is 8. The molecule has 0 fully saturated rings. The third-order valence-electron chi connectivity index (χ3n) is 5.40. The number of nitriles is 1. The number of hydrogen-bond donors (Lipinski definition) is 1. The maximum absolute atomic E-state index is 12.4. The Morgan fingerprint density at radius 3 is 2.47 bits per heavy atom. The van der Waals surface area contributed by atoms with E-state index in [0.717, 1.165) is 5.56 Å². The topological polar surface area (TPSA) is 113 Å². The van der Waals surface area contributed by atoms with Crippen molar-refractivity contribution in [3.8, 4) is 34.8 Å². The zero-order valence-electron chi connectivity index (χ0n) is 19.2. The normalized spacial score (nSPS) is 14.2. The van der Waals surface area contributed by atoms with E-state index in [4.69, 9.17) is 52.6 Å². The molecule has 1 aliphatic rings. The fourth-order valence-electron chi connectivity index (χ4n) is 3.76. The summed E-state index contributed by atoms with van der Waals surface area (Å²) in [6, 6.07) is 17.0. The lowest BCUT2D eigenvalue weighted by Crippen LogP contribution is -2.22. The van der Waals surface area contributed by atoms with Crippen LogP contribution in [0, 0.1) is 11.3 Å². The van der Waals surface area contributed by atoms with Crippen LogP contribution in [0.3, 0.4) is 0 Å². The van der Waals surface area contributed by atoms with E-state index in [1.54, 1.807) is 36.4 Å². The maximum Gasteiger partial charge on any atom is 0.349 e. The van der Waals surface area contributed by atoms with Crippen LogP contribution in [-0.4, -0.2) is 26.8 Å².